The Morgan fingerprint density at radius 2 is 1.50 bits per heavy atom. The molecule has 152 valence electrons. The van der Waals surface area contributed by atoms with Gasteiger partial charge in [0, 0.05) is 26.2 Å². The van der Waals surface area contributed by atoms with Crippen molar-refractivity contribution in [3.8, 4) is 0 Å². The number of piperazine rings is 1. The Kier molecular flexibility index (Phi) is 6.01. The Bertz CT molecular complexity index is 936. The van der Waals surface area contributed by atoms with E-state index in [4.69, 9.17) is 0 Å². The lowest BCUT2D eigenvalue weighted by Crippen LogP contribution is -2.46. The molecular formula is C22H31N3O2S. The predicted molar refractivity (Wildman–Crippen MR) is 117 cm³/mol. The van der Waals surface area contributed by atoms with Gasteiger partial charge in [0.1, 0.15) is 0 Å². The van der Waals surface area contributed by atoms with Crippen LogP contribution in [0.4, 0.5) is 11.4 Å². The van der Waals surface area contributed by atoms with E-state index in [1.807, 2.05) is 58.0 Å². The fourth-order valence-corrected chi connectivity index (χ4v) is 5.61. The van der Waals surface area contributed by atoms with Gasteiger partial charge in [0.25, 0.3) is 10.0 Å². The molecular weight excluding hydrogens is 370 g/mol. The minimum Gasteiger partial charge on any atom is -0.367 e. The lowest BCUT2D eigenvalue weighted by Gasteiger charge is -2.36. The van der Waals surface area contributed by atoms with E-state index in [0.717, 1.165) is 60.7 Å². The number of likely N-dealkylation sites (N-methyl/N-ethyl adjacent to an activating group) is 1. The van der Waals surface area contributed by atoms with Crippen LogP contribution in [0.15, 0.2) is 35.2 Å². The van der Waals surface area contributed by atoms with E-state index in [2.05, 4.69) is 21.4 Å². The zero-order chi connectivity index (χ0) is 20.5. The fourth-order valence-electron chi connectivity index (χ4n) is 3.92. The smallest absolute Gasteiger partial charge is 0.262 e. The van der Waals surface area contributed by atoms with Crippen molar-refractivity contribution in [2.24, 2.45) is 0 Å². The number of aryl methyl sites for hydroxylation is 2. The van der Waals surface area contributed by atoms with Gasteiger partial charge < -0.3 is 9.80 Å². The molecule has 0 unspecified atom stereocenters. The zero-order valence-electron chi connectivity index (χ0n) is 17.5. The fraction of sp³-hybridized carbons (Fsp3) is 0.455. The van der Waals surface area contributed by atoms with Gasteiger partial charge in [-0.25, -0.2) is 8.42 Å². The maximum absolute atomic E-state index is 13.3. The van der Waals surface area contributed by atoms with E-state index in [9.17, 15) is 8.42 Å². The highest BCUT2D eigenvalue weighted by Gasteiger charge is 2.25. The Morgan fingerprint density at radius 1 is 0.929 bits per heavy atom. The van der Waals surface area contributed by atoms with Crippen LogP contribution in [0, 0.1) is 27.7 Å². The minimum atomic E-state index is -3.68. The Balaban J connectivity index is 1.95. The Hall–Kier alpha value is -2.05. The van der Waals surface area contributed by atoms with Gasteiger partial charge in [0.15, 0.2) is 0 Å². The summed E-state index contributed by atoms with van der Waals surface area (Å²) in [5, 5.41) is 0. The lowest BCUT2D eigenvalue weighted by atomic mass is 10.0. The number of sulfonamides is 1. The molecule has 1 aliphatic rings. The van der Waals surface area contributed by atoms with Gasteiger partial charge in [-0.2, -0.15) is 0 Å². The number of anilines is 2. The number of hydrogen-bond donors (Lipinski definition) is 1. The van der Waals surface area contributed by atoms with Gasteiger partial charge in [0.2, 0.25) is 0 Å². The van der Waals surface area contributed by atoms with Crippen molar-refractivity contribution in [2.75, 3.05) is 42.3 Å². The normalized spacial score (nSPS) is 15.7. The van der Waals surface area contributed by atoms with Crippen LogP contribution in [0.25, 0.3) is 0 Å². The zero-order valence-corrected chi connectivity index (χ0v) is 18.4. The average Bonchev–Trinajstić information content (AvgIpc) is 2.67. The SMILES string of the molecule is CCN1CCN(c2ccccc2NS(=O)(=O)c2c(C)c(C)cc(C)c2C)CC1. The van der Waals surface area contributed by atoms with Crippen LogP contribution in [0.5, 0.6) is 0 Å². The first-order valence-corrected chi connectivity index (χ1v) is 11.4. The van der Waals surface area contributed by atoms with Crippen LogP contribution < -0.4 is 9.62 Å². The molecule has 3 rings (SSSR count). The Labute approximate surface area is 169 Å². The second-order valence-corrected chi connectivity index (χ2v) is 9.25. The molecule has 1 aliphatic heterocycles. The maximum Gasteiger partial charge on any atom is 0.262 e. The molecule has 1 saturated heterocycles. The topological polar surface area (TPSA) is 52.6 Å². The summed E-state index contributed by atoms with van der Waals surface area (Å²) in [6.07, 6.45) is 0. The number of nitrogens with zero attached hydrogens (tertiary/aromatic N) is 2. The van der Waals surface area contributed by atoms with Gasteiger partial charge in [-0.1, -0.05) is 25.1 Å². The van der Waals surface area contributed by atoms with E-state index in [1.165, 1.54) is 0 Å². The molecule has 0 atom stereocenters. The first kappa shape index (κ1) is 20.7. The van der Waals surface area contributed by atoms with Crippen LogP contribution in [-0.4, -0.2) is 46.0 Å². The molecule has 1 fully saturated rings. The summed E-state index contributed by atoms with van der Waals surface area (Å²) in [7, 11) is -3.68. The van der Waals surface area contributed by atoms with Crippen LogP contribution in [0.3, 0.4) is 0 Å². The van der Waals surface area contributed by atoms with Crippen LogP contribution in [0.2, 0.25) is 0 Å². The molecule has 2 aromatic carbocycles. The monoisotopic (exact) mass is 401 g/mol. The van der Waals surface area contributed by atoms with Crippen molar-refractivity contribution < 1.29 is 8.42 Å². The lowest BCUT2D eigenvalue weighted by molar-refractivity contribution is 0.271. The molecule has 28 heavy (non-hydrogen) atoms. The van der Waals surface area contributed by atoms with Crippen molar-refractivity contribution in [1.82, 2.24) is 4.90 Å². The van der Waals surface area contributed by atoms with Crippen molar-refractivity contribution in [2.45, 2.75) is 39.5 Å². The third-order valence-electron chi connectivity index (χ3n) is 5.87. The van der Waals surface area contributed by atoms with Gasteiger partial charge >= 0.3 is 0 Å². The molecule has 5 nitrogen and oxygen atoms in total. The molecule has 0 amide bonds. The van der Waals surface area contributed by atoms with E-state index in [0.29, 0.717) is 10.6 Å². The molecule has 0 radical (unpaired) electrons. The summed E-state index contributed by atoms with van der Waals surface area (Å²) in [4.78, 5) is 5.08. The minimum absolute atomic E-state index is 0.399. The number of rotatable bonds is 5. The second-order valence-electron chi connectivity index (χ2n) is 7.63. The molecule has 0 bridgehead atoms. The third kappa shape index (κ3) is 4.03. The van der Waals surface area contributed by atoms with Crippen molar-refractivity contribution in [1.29, 1.82) is 0 Å². The Morgan fingerprint density at radius 3 is 2.07 bits per heavy atom. The quantitative estimate of drug-likeness (QED) is 0.827. The van der Waals surface area contributed by atoms with Crippen molar-refractivity contribution in [3.05, 3.63) is 52.6 Å². The first-order valence-electron chi connectivity index (χ1n) is 9.91. The highest BCUT2D eigenvalue weighted by Crippen LogP contribution is 2.32. The van der Waals surface area contributed by atoms with Crippen molar-refractivity contribution in [3.63, 3.8) is 0 Å². The molecule has 1 N–H and O–H groups in total. The van der Waals surface area contributed by atoms with Gasteiger partial charge in [-0.05, 0) is 68.6 Å². The highest BCUT2D eigenvalue weighted by atomic mass is 32.2. The van der Waals surface area contributed by atoms with E-state index < -0.39 is 10.0 Å². The van der Waals surface area contributed by atoms with E-state index in [1.54, 1.807) is 0 Å². The summed E-state index contributed by atoms with van der Waals surface area (Å²) < 4.78 is 29.6. The molecule has 0 aliphatic carbocycles. The van der Waals surface area contributed by atoms with E-state index in [-0.39, 0.29) is 0 Å². The van der Waals surface area contributed by atoms with Crippen LogP contribution in [-0.2, 0) is 10.0 Å². The molecule has 1 heterocycles. The predicted octanol–water partition coefficient (Wildman–Crippen LogP) is 3.86. The number of para-hydroxylation sites is 2. The van der Waals surface area contributed by atoms with Gasteiger partial charge in [-0.3, -0.25) is 4.72 Å². The summed E-state index contributed by atoms with van der Waals surface area (Å²) in [6, 6.07) is 9.75. The van der Waals surface area contributed by atoms with Crippen molar-refractivity contribution >= 4 is 21.4 Å². The van der Waals surface area contributed by atoms with Crippen LogP contribution >= 0.6 is 0 Å². The maximum atomic E-state index is 13.3. The second kappa shape index (κ2) is 8.13. The highest BCUT2D eigenvalue weighted by molar-refractivity contribution is 7.92. The number of hydrogen-bond acceptors (Lipinski definition) is 4. The molecule has 0 aromatic heterocycles. The standard InChI is InChI=1S/C22H31N3O2S/c1-6-24-11-13-25(14-12-24)21-10-8-7-9-20(21)23-28(26,27)22-18(4)16(2)15-17(3)19(22)5/h7-10,15,23H,6,11-14H2,1-5H3. The molecule has 6 heteroatoms. The summed E-state index contributed by atoms with van der Waals surface area (Å²) in [5.74, 6) is 0. The summed E-state index contributed by atoms with van der Waals surface area (Å²) >= 11 is 0. The molecule has 2 aromatic rings. The largest absolute Gasteiger partial charge is 0.367 e. The first-order chi connectivity index (χ1) is 13.2. The average molecular weight is 402 g/mol. The van der Waals surface area contributed by atoms with Crippen LogP contribution in [0.1, 0.15) is 29.2 Å². The molecule has 0 spiro atoms. The van der Waals surface area contributed by atoms with Gasteiger partial charge in [-0.15, -0.1) is 0 Å². The third-order valence-corrected chi connectivity index (χ3v) is 7.51. The van der Waals surface area contributed by atoms with E-state index >= 15 is 0 Å². The summed E-state index contributed by atoms with van der Waals surface area (Å²) in [6.45, 7) is 14.7. The number of benzene rings is 2. The molecule has 0 saturated carbocycles. The number of nitrogens with one attached hydrogen (secondary N) is 1. The summed E-state index contributed by atoms with van der Waals surface area (Å²) in [5.41, 5.74) is 5.20. The van der Waals surface area contributed by atoms with Gasteiger partial charge in [0.05, 0.1) is 16.3 Å².